The van der Waals surface area contributed by atoms with Gasteiger partial charge in [-0.3, -0.25) is 15.6 Å². The van der Waals surface area contributed by atoms with Gasteiger partial charge in [-0.2, -0.15) is 0 Å². The fraction of sp³-hybridized carbons (Fsp3) is 0.125. The zero-order valence-corrected chi connectivity index (χ0v) is 14.9. The minimum atomic E-state index is -0.191. The normalized spacial score (nSPS) is 10.7. The van der Waals surface area contributed by atoms with Crippen LogP contribution in [0.15, 0.2) is 41.3 Å². The lowest BCUT2D eigenvalue weighted by molar-refractivity contribution is 0.0960. The second kappa shape index (κ2) is 6.78. The number of aryl methyl sites for hydroxylation is 1. The number of rotatable bonds is 4. The first-order valence-electron chi connectivity index (χ1n) is 6.85. The average molecular weight is 364 g/mol. The van der Waals surface area contributed by atoms with E-state index in [0.717, 1.165) is 20.7 Å². The minimum Gasteiger partial charge on any atom is -0.273 e. The fourth-order valence-electron chi connectivity index (χ4n) is 2.16. The van der Waals surface area contributed by atoms with Crippen LogP contribution < -0.4 is 10.9 Å². The maximum Gasteiger partial charge on any atom is 0.270 e. The highest BCUT2D eigenvalue weighted by Gasteiger charge is 2.12. The number of fused-ring (bicyclic) bond motifs is 1. The summed E-state index contributed by atoms with van der Waals surface area (Å²) in [5, 5.41) is 1.31. The molecular weight excluding hydrogens is 350 g/mol. The third kappa shape index (κ3) is 3.29. The first kappa shape index (κ1) is 16.1. The smallest absolute Gasteiger partial charge is 0.270 e. The van der Waals surface area contributed by atoms with Crippen LogP contribution in [0.25, 0.3) is 10.2 Å². The number of thioether (sulfide) groups is 1. The Morgan fingerprint density at radius 1 is 1.26 bits per heavy atom. The molecule has 0 saturated carbocycles. The molecule has 0 aliphatic rings. The van der Waals surface area contributed by atoms with Gasteiger partial charge in [0.15, 0.2) is 0 Å². The van der Waals surface area contributed by atoms with Crippen molar-refractivity contribution >= 4 is 56.0 Å². The molecule has 4 nitrogen and oxygen atoms in total. The van der Waals surface area contributed by atoms with E-state index >= 15 is 0 Å². The summed E-state index contributed by atoms with van der Waals surface area (Å²) in [5.41, 5.74) is 8.00. The first-order valence-corrected chi connectivity index (χ1v) is 9.27. The summed E-state index contributed by atoms with van der Waals surface area (Å²) in [7, 11) is 0. The highest BCUT2D eigenvalue weighted by Crippen LogP contribution is 2.31. The minimum absolute atomic E-state index is 0.191. The number of carbonyl (C=O) groups is 1. The molecule has 23 heavy (non-hydrogen) atoms. The third-order valence-corrected chi connectivity index (χ3v) is 5.52. The van der Waals surface area contributed by atoms with Crippen LogP contribution in [0.2, 0.25) is 5.02 Å². The zero-order chi connectivity index (χ0) is 16.4. The molecule has 1 heterocycles. The monoisotopic (exact) mass is 363 g/mol. The Balaban J connectivity index is 1.78. The molecule has 0 aliphatic carbocycles. The molecule has 0 aliphatic heterocycles. The number of amides is 1. The molecule has 0 unspecified atom stereocenters. The Labute approximate surface area is 147 Å². The number of carbonyl (C=O) groups excluding carboxylic acids is 1. The Morgan fingerprint density at radius 2 is 2.04 bits per heavy atom. The Bertz CT molecular complexity index is 879. The lowest BCUT2D eigenvalue weighted by Crippen LogP contribution is -2.29. The van der Waals surface area contributed by atoms with Gasteiger partial charge in [-0.25, -0.2) is 4.98 Å². The number of halogens is 1. The SMILES string of the molecule is CSc1ccccc1C(=O)NNc1nc2c(C)c(Cl)ccc2s1. The first-order chi connectivity index (χ1) is 11.1. The zero-order valence-electron chi connectivity index (χ0n) is 12.5. The van der Waals surface area contributed by atoms with Crippen LogP contribution in [0.1, 0.15) is 15.9 Å². The highest BCUT2D eigenvalue weighted by atomic mass is 35.5. The van der Waals surface area contributed by atoms with Crippen LogP contribution in [0.5, 0.6) is 0 Å². The van der Waals surface area contributed by atoms with Gasteiger partial charge in [0.25, 0.3) is 5.91 Å². The van der Waals surface area contributed by atoms with Gasteiger partial charge in [0, 0.05) is 9.92 Å². The Hall–Kier alpha value is -1.76. The van der Waals surface area contributed by atoms with Crippen molar-refractivity contribution in [1.82, 2.24) is 10.4 Å². The summed E-state index contributed by atoms with van der Waals surface area (Å²) in [6.07, 6.45) is 1.94. The Morgan fingerprint density at radius 3 is 2.83 bits per heavy atom. The molecule has 2 aromatic carbocycles. The van der Waals surface area contributed by atoms with E-state index in [2.05, 4.69) is 15.8 Å². The summed E-state index contributed by atoms with van der Waals surface area (Å²) >= 11 is 9.11. The molecule has 2 N–H and O–H groups in total. The van der Waals surface area contributed by atoms with E-state index in [4.69, 9.17) is 11.6 Å². The molecule has 0 atom stereocenters. The summed E-state index contributed by atoms with van der Waals surface area (Å²) in [6, 6.07) is 11.3. The number of nitrogens with zero attached hydrogens (tertiary/aromatic N) is 1. The number of hydrazine groups is 1. The average Bonchev–Trinajstić information content (AvgIpc) is 3.00. The fourth-order valence-corrected chi connectivity index (χ4v) is 3.79. The van der Waals surface area contributed by atoms with Crippen LogP contribution in [-0.2, 0) is 0 Å². The number of hydrogen-bond donors (Lipinski definition) is 2. The molecule has 1 aromatic heterocycles. The van der Waals surface area contributed by atoms with E-state index in [-0.39, 0.29) is 5.91 Å². The van der Waals surface area contributed by atoms with Crippen molar-refractivity contribution in [2.75, 3.05) is 11.7 Å². The lowest BCUT2D eigenvalue weighted by Gasteiger charge is -2.08. The maximum atomic E-state index is 12.3. The van der Waals surface area contributed by atoms with E-state index in [9.17, 15) is 4.79 Å². The van der Waals surface area contributed by atoms with Crippen molar-refractivity contribution in [1.29, 1.82) is 0 Å². The second-order valence-corrected chi connectivity index (χ2v) is 7.10. The molecular formula is C16H14ClN3OS2. The molecule has 0 saturated heterocycles. The number of hydrogen-bond acceptors (Lipinski definition) is 5. The molecule has 0 radical (unpaired) electrons. The van der Waals surface area contributed by atoms with Crippen molar-refractivity contribution in [3.63, 3.8) is 0 Å². The van der Waals surface area contributed by atoms with E-state index in [0.29, 0.717) is 15.7 Å². The standard InChI is InChI=1S/C16H14ClN3OS2/c1-9-11(17)7-8-13-14(9)18-16(23-13)20-19-15(21)10-5-3-4-6-12(10)22-2/h3-8H,1-2H3,(H,18,20)(H,19,21). The summed E-state index contributed by atoms with van der Waals surface area (Å²) in [5.74, 6) is -0.191. The van der Waals surface area contributed by atoms with Crippen molar-refractivity contribution in [2.24, 2.45) is 0 Å². The molecule has 7 heteroatoms. The van der Waals surface area contributed by atoms with Crippen LogP contribution in [0.3, 0.4) is 0 Å². The van der Waals surface area contributed by atoms with Crippen LogP contribution in [0, 0.1) is 6.92 Å². The largest absolute Gasteiger partial charge is 0.273 e. The predicted molar refractivity (Wildman–Crippen MR) is 98.7 cm³/mol. The van der Waals surface area contributed by atoms with E-state index in [1.165, 1.54) is 23.1 Å². The van der Waals surface area contributed by atoms with Gasteiger partial charge < -0.3 is 0 Å². The van der Waals surface area contributed by atoms with Gasteiger partial charge in [0.05, 0.1) is 15.8 Å². The van der Waals surface area contributed by atoms with Crippen molar-refractivity contribution in [2.45, 2.75) is 11.8 Å². The summed E-state index contributed by atoms with van der Waals surface area (Å²) in [6.45, 7) is 1.93. The van der Waals surface area contributed by atoms with Gasteiger partial charge in [-0.1, -0.05) is 35.1 Å². The van der Waals surface area contributed by atoms with Gasteiger partial charge in [0.1, 0.15) is 0 Å². The van der Waals surface area contributed by atoms with Crippen molar-refractivity contribution < 1.29 is 4.79 Å². The van der Waals surface area contributed by atoms with Crippen LogP contribution in [-0.4, -0.2) is 17.1 Å². The molecule has 118 valence electrons. The topological polar surface area (TPSA) is 54.0 Å². The van der Waals surface area contributed by atoms with E-state index in [1.54, 1.807) is 6.07 Å². The van der Waals surface area contributed by atoms with Gasteiger partial charge in [0.2, 0.25) is 5.13 Å². The number of thiazole rings is 1. The number of nitrogens with one attached hydrogen (secondary N) is 2. The Kier molecular flexibility index (Phi) is 4.75. The van der Waals surface area contributed by atoms with Gasteiger partial charge in [-0.05, 0) is 43.0 Å². The summed E-state index contributed by atoms with van der Waals surface area (Å²) in [4.78, 5) is 17.7. The van der Waals surface area contributed by atoms with Crippen molar-refractivity contribution in [3.8, 4) is 0 Å². The van der Waals surface area contributed by atoms with Crippen LogP contribution in [0.4, 0.5) is 5.13 Å². The molecule has 3 aromatic rings. The molecule has 0 fully saturated rings. The van der Waals surface area contributed by atoms with Gasteiger partial charge >= 0.3 is 0 Å². The number of benzene rings is 2. The summed E-state index contributed by atoms with van der Waals surface area (Å²) < 4.78 is 1.02. The predicted octanol–water partition coefficient (Wildman–Crippen LogP) is 4.74. The maximum absolute atomic E-state index is 12.3. The van der Waals surface area contributed by atoms with Crippen LogP contribution >= 0.6 is 34.7 Å². The number of aromatic nitrogens is 1. The molecule has 1 amide bonds. The van der Waals surface area contributed by atoms with E-state index < -0.39 is 0 Å². The van der Waals surface area contributed by atoms with E-state index in [1.807, 2.05) is 43.5 Å². The second-order valence-electron chi connectivity index (χ2n) is 4.82. The van der Waals surface area contributed by atoms with Gasteiger partial charge in [-0.15, -0.1) is 11.8 Å². The molecule has 0 bridgehead atoms. The number of anilines is 1. The molecule has 3 rings (SSSR count). The van der Waals surface area contributed by atoms with Crippen molar-refractivity contribution in [3.05, 3.63) is 52.5 Å². The lowest BCUT2D eigenvalue weighted by atomic mass is 10.2. The molecule has 0 spiro atoms. The quantitative estimate of drug-likeness (QED) is 0.519. The third-order valence-electron chi connectivity index (χ3n) is 3.38. The highest BCUT2D eigenvalue weighted by molar-refractivity contribution is 7.98.